The maximum atomic E-state index is 11.7. The Morgan fingerprint density at radius 2 is 2.31 bits per heavy atom. The first kappa shape index (κ1) is 13.0. The summed E-state index contributed by atoms with van der Waals surface area (Å²) in [7, 11) is 0. The molecule has 1 fully saturated rings. The van der Waals surface area contributed by atoms with E-state index in [0.29, 0.717) is 19.8 Å². The van der Waals surface area contributed by atoms with Gasteiger partial charge < -0.3 is 20.1 Å². The van der Waals surface area contributed by atoms with Gasteiger partial charge in [0, 0.05) is 6.54 Å². The molecule has 1 saturated heterocycles. The van der Waals surface area contributed by atoms with Crippen LogP contribution in [0.2, 0.25) is 0 Å². The van der Waals surface area contributed by atoms with E-state index in [1.165, 1.54) is 0 Å². The van der Waals surface area contributed by atoms with Gasteiger partial charge in [0.15, 0.2) is 0 Å². The van der Waals surface area contributed by atoms with Crippen LogP contribution in [0.1, 0.15) is 0 Å². The van der Waals surface area contributed by atoms with Crippen molar-refractivity contribution in [2.24, 2.45) is 0 Å². The molecule has 0 saturated carbocycles. The molecule has 1 atom stereocenters. The summed E-state index contributed by atoms with van der Waals surface area (Å²) in [6, 6.07) is -0.162. The van der Waals surface area contributed by atoms with E-state index in [2.05, 4.69) is 10.1 Å². The van der Waals surface area contributed by atoms with Gasteiger partial charge in [-0.1, -0.05) is 0 Å². The van der Waals surface area contributed by atoms with Gasteiger partial charge in [0.1, 0.15) is 13.2 Å². The lowest BCUT2D eigenvalue weighted by molar-refractivity contribution is -0.123. The van der Waals surface area contributed by atoms with Crippen molar-refractivity contribution in [1.82, 2.24) is 10.6 Å². The fourth-order valence-corrected chi connectivity index (χ4v) is 1.13. The van der Waals surface area contributed by atoms with Gasteiger partial charge in [-0.2, -0.15) is 13.2 Å². The molecule has 8 heteroatoms. The average Bonchev–Trinajstić information content (AvgIpc) is 2.24. The first-order valence-electron chi connectivity index (χ1n) is 4.76. The second-order valence-corrected chi connectivity index (χ2v) is 3.29. The maximum Gasteiger partial charge on any atom is 0.407 e. The van der Waals surface area contributed by atoms with Gasteiger partial charge in [0.2, 0.25) is 0 Å². The summed E-state index contributed by atoms with van der Waals surface area (Å²) >= 11 is 0. The molecular formula is C8H13F3N2O3. The zero-order valence-corrected chi connectivity index (χ0v) is 8.47. The predicted octanol–water partition coefficient (Wildman–Crippen LogP) is 0.263. The number of alkyl carbamates (subject to hydrolysis) is 1. The molecule has 0 unspecified atom stereocenters. The number of amides is 1. The van der Waals surface area contributed by atoms with Gasteiger partial charge in [-0.15, -0.1) is 0 Å². The molecule has 0 bridgehead atoms. The number of ether oxygens (including phenoxy) is 2. The Labute approximate surface area is 90.3 Å². The summed E-state index contributed by atoms with van der Waals surface area (Å²) in [5.74, 6) is 0. The zero-order valence-electron chi connectivity index (χ0n) is 8.47. The van der Waals surface area contributed by atoms with Gasteiger partial charge in [-0.3, -0.25) is 0 Å². The summed E-state index contributed by atoms with van der Waals surface area (Å²) in [6.45, 7) is 0.200. The van der Waals surface area contributed by atoms with Gasteiger partial charge >= 0.3 is 12.3 Å². The molecule has 0 aliphatic carbocycles. The van der Waals surface area contributed by atoms with Crippen molar-refractivity contribution in [3.05, 3.63) is 0 Å². The van der Waals surface area contributed by atoms with Crippen LogP contribution in [0.15, 0.2) is 0 Å². The molecular weight excluding hydrogens is 229 g/mol. The standard InChI is InChI=1S/C8H13F3N2O3/c9-8(10,11)5-13-7(14)16-4-6-3-15-2-1-12-6/h6,12H,1-5H2,(H,13,14)/t6-/m0/s1. The highest BCUT2D eigenvalue weighted by Crippen LogP contribution is 2.12. The molecule has 0 radical (unpaired) electrons. The van der Waals surface area contributed by atoms with E-state index < -0.39 is 18.8 Å². The van der Waals surface area contributed by atoms with Crippen LogP contribution >= 0.6 is 0 Å². The minimum Gasteiger partial charge on any atom is -0.448 e. The SMILES string of the molecule is O=C(NCC(F)(F)F)OC[C@@H]1COCCN1. The summed E-state index contributed by atoms with van der Waals surface area (Å²) in [6.07, 6.45) is -5.50. The van der Waals surface area contributed by atoms with Crippen LogP contribution in [0.3, 0.4) is 0 Å². The normalized spacial score (nSPS) is 21.6. The molecule has 1 aliphatic heterocycles. The number of hydrogen-bond donors (Lipinski definition) is 2. The molecule has 2 N–H and O–H groups in total. The number of alkyl halides is 3. The minimum atomic E-state index is -4.43. The Hall–Kier alpha value is -1.02. The molecule has 94 valence electrons. The monoisotopic (exact) mass is 242 g/mol. The van der Waals surface area contributed by atoms with Crippen LogP contribution in [-0.4, -0.2) is 51.2 Å². The van der Waals surface area contributed by atoms with E-state index in [9.17, 15) is 18.0 Å². The summed E-state index contributed by atoms with van der Waals surface area (Å²) in [5, 5.41) is 4.60. The van der Waals surface area contributed by atoms with Gasteiger partial charge in [-0.05, 0) is 0 Å². The van der Waals surface area contributed by atoms with E-state index >= 15 is 0 Å². The topological polar surface area (TPSA) is 59.6 Å². The molecule has 0 aromatic heterocycles. The van der Waals surface area contributed by atoms with Crippen LogP contribution in [0.4, 0.5) is 18.0 Å². The Morgan fingerprint density at radius 1 is 1.56 bits per heavy atom. The summed E-state index contributed by atoms with van der Waals surface area (Å²) < 4.78 is 44.8. The number of carbonyl (C=O) groups excluding carboxylic acids is 1. The number of morpholine rings is 1. The van der Waals surface area contributed by atoms with Crippen molar-refractivity contribution in [3.63, 3.8) is 0 Å². The first-order chi connectivity index (χ1) is 7.47. The van der Waals surface area contributed by atoms with Gasteiger partial charge in [-0.25, -0.2) is 4.79 Å². The van der Waals surface area contributed by atoms with Crippen molar-refractivity contribution < 1.29 is 27.4 Å². The molecule has 0 spiro atoms. The van der Waals surface area contributed by atoms with Crippen LogP contribution in [0, 0.1) is 0 Å². The third kappa shape index (κ3) is 5.76. The van der Waals surface area contributed by atoms with Crippen molar-refractivity contribution in [2.45, 2.75) is 12.2 Å². The van der Waals surface area contributed by atoms with Gasteiger partial charge in [0.25, 0.3) is 0 Å². The Morgan fingerprint density at radius 3 is 2.88 bits per heavy atom. The van der Waals surface area contributed by atoms with Crippen LogP contribution in [0.25, 0.3) is 0 Å². The molecule has 1 aliphatic rings. The lowest BCUT2D eigenvalue weighted by Crippen LogP contribution is -2.45. The molecule has 0 aromatic carbocycles. The summed E-state index contributed by atoms with van der Waals surface area (Å²) in [5.41, 5.74) is 0. The zero-order chi connectivity index (χ0) is 12.0. The average molecular weight is 242 g/mol. The molecule has 1 heterocycles. The third-order valence-electron chi connectivity index (χ3n) is 1.85. The lowest BCUT2D eigenvalue weighted by atomic mass is 10.3. The van der Waals surface area contributed by atoms with Crippen molar-refractivity contribution in [2.75, 3.05) is 32.9 Å². The maximum absolute atomic E-state index is 11.7. The molecule has 16 heavy (non-hydrogen) atoms. The number of nitrogens with one attached hydrogen (secondary N) is 2. The first-order valence-corrected chi connectivity index (χ1v) is 4.76. The van der Waals surface area contributed by atoms with Crippen LogP contribution in [0.5, 0.6) is 0 Å². The van der Waals surface area contributed by atoms with Gasteiger partial charge in [0.05, 0.1) is 19.3 Å². The summed E-state index contributed by atoms with van der Waals surface area (Å²) in [4.78, 5) is 10.8. The second kappa shape index (κ2) is 5.90. The fraction of sp³-hybridized carbons (Fsp3) is 0.875. The van der Waals surface area contributed by atoms with Crippen molar-refractivity contribution in [1.29, 1.82) is 0 Å². The van der Waals surface area contributed by atoms with Crippen molar-refractivity contribution in [3.8, 4) is 0 Å². The van der Waals surface area contributed by atoms with Crippen LogP contribution in [-0.2, 0) is 9.47 Å². The highest BCUT2D eigenvalue weighted by Gasteiger charge is 2.28. The fourth-order valence-electron chi connectivity index (χ4n) is 1.13. The Kier molecular flexibility index (Phi) is 4.81. The largest absolute Gasteiger partial charge is 0.448 e. The Bertz CT molecular complexity index is 229. The van der Waals surface area contributed by atoms with E-state index in [-0.39, 0.29) is 12.6 Å². The highest BCUT2D eigenvalue weighted by atomic mass is 19.4. The highest BCUT2D eigenvalue weighted by molar-refractivity contribution is 5.67. The Balaban J connectivity index is 2.09. The number of halogens is 3. The minimum absolute atomic E-state index is 0.0102. The molecule has 5 nitrogen and oxygen atoms in total. The lowest BCUT2D eigenvalue weighted by Gasteiger charge is -2.23. The van der Waals surface area contributed by atoms with Crippen LogP contribution < -0.4 is 10.6 Å². The smallest absolute Gasteiger partial charge is 0.407 e. The number of rotatable bonds is 3. The molecule has 0 aromatic rings. The van der Waals surface area contributed by atoms with E-state index in [4.69, 9.17) is 4.74 Å². The van der Waals surface area contributed by atoms with E-state index in [1.807, 2.05) is 0 Å². The van der Waals surface area contributed by atoms with Crippen molar-refractivity contribution >= 4 is 6.09 Å². The molecule has 1 rings (SSSR count). The van der Waals surface area contributed by atoms with E-state index in [0.717, 1.165) is 0 Å². The second-order valence-electron chi connectivity index (χ2n) is 3.29. The quantitative estimate of drug-likeness (QED) is 0.745. The molecule has 1 amide bonds. The number of hydrogen-bond acceptors (Lipinski definition) is 4. The predicted molar refractivity (Wildman–Crippen MR) is 48.0 cm³/mol. The van der Waals surface area contributed by atoms with E-state index in [1.54, 1.807) is 5.32 Å². The number of carbonyl (C=O) groups is 1. The third-order valence-corrected chi connectivity index (χ3v) is 1.85.